The molecule has 0 radical (unpaired) electrons. The van der Waals surface area contributed by atoms with Gasteiger partial charge in [-0.05, 0) is 116 Å². The van der Waals surface area contributed by atoms with Crippen LogP contribution in [0.1, 0.15) is 145 Å². The van der Waals surface area contributed by atoms with Crippen molar-refractivity contribution in [2.24, 2.45) is 5.41 Å². The fourth-order valence-corrected chi connectivity index (χ4v) is 9.38. The molecule has 0 bridgehead atoms. The number of benzene rings is 3. The molecule has 2 amide bonds. The summed E-state index contributed by atoms with van der Waals surface area (Å²) in [4.78, 5) is 29.3. The molecule has 0 spiro atoms. The molecule has 2 heterocycles. The van der Waals surface area contributed by atoms with Crippen molar-refractivity contribution >= 4 is 12.2 Å². The molecule has 6 aliphatic carbocycles. The number of ether oxygens (including phenoxy) is 2. The van der Waals surface area contributed by atoms with Crippen molar-refractivity contribution in [3.8, 4) is 6.07 Å². The first kappa shape index (κ1) is 46.9. The van der Waals surface area contributed by atoms with Crippen LogP contribution >= 0.6 is 0 Å². The van der Waals surface area contributed by atoms with Gasteiger partial charge in [0.2, 0.25) is 0 Å². The highest BCUT2D eigenvalue weighted by Crippen LogP contribution is 2.53. The van der Waals surface area contributed by atoms with E-state index in [2.05, 4.69) is 107 Å². The zero-order valence-corrected chi connectivity index (χ0v) is 40.3. The Balaban J connectivity index is 0.000000129. The van der Waals surface area contributed by atoms with Gasteiger partial charge in [-0.3, -0.25) is 0 Å². The van der Waals surface area contributed by atoms with E-state index in [0.717, 1.165) is 50.9 Å². The third-order valence-electron chi connectivity index (χ3n) is 14.1. The van der Waals surface area contributed by atoms with E-state index in [1.807, 2.05) is 82.8 Å². The molecule has 16 nitrogen and oxygen atoms in total. The number of nitrogens with zero attached hydrogens (tertiary/aromatic N) is 9. The Morgan fingerprint density at radius 3 is 1.44 bits per heavy atom. The van der Waals surface area contributed by atoms with Crippen molar-refractivity contribution in [2.75, 3.05) is 19.6 Å². The van der Waals surface area contributed by atoms with Crippen LogP contribution in [0.25, 0.3) is 0 Å². The first-order valence-electron chi connectivity index (χ1n) is 24.4. The van der Waals surface area contributed by atoms with Gasteiger partial charge in [-0.25, -0.2) is 9.59 Å². The predicted molar refractivity (Wildman–Crippen MR) is 254 cm³/mol. The number of aromatic nitrogens is 8. The molecule has 2 aromatic heterocycles. The smallest absolute Gasteiger partial charge is 0.410 e. The van der Waals surface area contributed by atoms with Crippen molar-refractivity contribution < 1.29 is 19.1 Å². The van der Waals surface area contributed by atoms with Crippen molar-refractivity contribution in [3.63, 3.8) is 0 Å². The maximum atomic E-state index is 12.9. The number of rotatable bonds is 14. The van der Waals surface area contributed by atoms with Gasteiger partial charge in [0.1, 0.15) is 11.2 Å². The highest BCUT2D eigenvalue weighted by Gasteiger charge is 2.56. The lowest BCUT2D eigenvalue weighted by molar-refractivity contribution is 0.0196. The highest BCUT2D eigenvalue weighted by atomic mass is 16.6. The first-order chi connectivity index (χ1) is 32.6. The van der Waals surface area contributed by atoms with Gasteiger partial charge >= 0.3 is 12.2 Å². The van der Waals surface area contributed by atoms with Gasteiger partial charge in [0.15, 0.2) is 11.6 Å². The largest absolute Gasteiger partial charge is 0.444 e. The standard InChI is InChI=1S/C19H25N5O2.C19H24N2O2.C14H17N5/c1-18(2,3)26-17(25)24(12-19(9-10-19)16-20-22-23-21-16)15-11-14(15)13-7-5-4-6-8-13;1-18(2,3)23-17(22)21(13-19(12-20)9-10-19)16-11-15(16)14-7-5-4-6-8-14;1-2-4-10(5-3-1)11-8-12(11)15-9-14(6-7-14)13-16-18-19-17-13/h4-8,14-15H,9-12H2,1-3H3,(H,20,21,22,23);4-8,15-16H,9-11,13H2,1-3H3;1-5,11-12,15H,6-9H2,(H,16,17,18,19)/t14?,15-;15?,16-;11?,12-/m000/s1. The molecular formula is C52H66N12O4. The van der Waals surface area contributed by atoms with Crippen LogP contribution in [0, 0.1) is 16.7 Å². The molecular weight excluding hydrogens is 857 g/mol. The number of hydrogen-bond acceptors (Lipinski definition) is 12. The zero-order valence-electron chi connectivity index (χ0n) is 40.3. The van der Waals surface area contributed by atoms with Gasteiger partial charge in [0.25, 0.3) is 0 Å². The number of amides is 2. The summed E-state index contributed by atoms with van der Waals surface area (Å²) in [6.45, 7) is 13.4. The first-order valence-corrected chi connectivity index (χ1v) is 24.4. The highest BCUT2D eigenvalue weighted by molar-refractivity contribution is 5.70. The number of nitriles is 1. The van der Waals surface area contributed by atoms with Crippen LogP contribution in [0.15, 0.2) is 91.0 Å². The van der Waals surface area contributed by atoms with Crippen LogP contribution in [0.5, 0.6) is 0 Å². The van der Waals surface area contributed by atoms with Gasteiger partial charge in [0.05, 0.1) is 16.9 Å². The third kappa shape index (κ3) is 11.5. The van der Waals surface area contributed by atoms with Crippen LogP contribution in [0.2, 0.25) is 0 Å². The molecule has 3 aromatic carbocycles. The molecule has 358 valence electrons. The van der Waals surface area contributed by atoms with E-state index >= 15 is 0 Å². The monoisotopic (exact) mass is 923 g/mol. The number of nitrogens with one attached hydrogen (secondary N) is 3. The summed E-state index contributed by atoms with van der Waals surface area (Å²) in [6, 6.07) is 34.7. The third-order valence-corrected chi connectivity index (χ3v) is 14.1. The molecule has 0 saturated heterocycles. The Morgan fingerprint density at radius 2 is 1.06 bits per heavy atom. The summed E-state index contributed by atoms with van der Waals surface area (Å²) in [7, 11) is 0. The summed E-state index contributed by atoms with van der Waals surface area (Å²) >= 11 is 0. The fourth-order valence-electron chi connectivity index (χ4n) is 9.38. The van der Waals surface area contributed by atoms with Gasteiger partial charge in [0, 0.05) is 60.9 Å². The maximum Gasteiger partial charge on any atom is 0.410 e. The van der Waals surface area contributed by atoms with Crippen LogP contribution in [-0.4, -0.2) is 112 Å². The minimum atomic E-state index is -0.519. The van der Waals surface area contributed by atoms with E-state index < -0.39 is 11.2 Å². The van der Waals surface area contributed by atoms with Crippen LogP contribution in [0.4, 0.5) is 9.59 Å². The molecule has 6 saturated carbocycles. The SMILES string of the molecule is CC(C)(C)OC(=O)N(CC1(C#N)CC1)[C@H]1CC1c1ccccc1.CC(C)(C)OC(=O)N(CC1(c2nn[nH]n2)CC1)[C@H]1CC1c1ccccc1.c1ccc(C2C[C@@H]2NCC2(c3nn[nH]n3)CC2)cc1. The number of hydrogen-bond donors (Lipinski definition) is 3. The van der Waals surface area contributed by atoms with Crippen molar-refractivity contribution in [3.05, 3.63) is 119 Å². The van der Waals surface area contributed by atoms with E-state index in [1.165, 1.54) is 36.0 Å². The number of tetrazole rings is 2. The minimum absolute atomic E-state index is 0.150. The zero-order chi connectivity index (χ0) is 47.7. The second kappa shape index (κ2) is 18.7. The lowest BCUT2D eigenvalue weighted by Crippen LogP contribution is -2.43. The summed E-state index contributed by atoms with van der Waals surface area (Å²) in [5.41, 5.74) is 2.56. The Morgan fingerprint density at radius 1 is 0.632 bits per heavy atom. The summed E-state index contributed by atoms with van der Waals surface area (Å²) in [6.07, 6.45) is 8.64. The minimum Gasteiger partial charge on any atom is -0.444 e. The molecule has 6 fully saturated rings. The maximum absolute atomic E-state index is 12.9. The van der Waals surface area contributed by atoms with Gasteiger partial charge in [-0.15, -0.1) is 20.4 Å². The fraction of sp³-hybridized carbons (Fsp3) is 0.558. The molecule has 3 unspecified atom stereocenters. The summed E-state index contributed by atoms with van der Waals surface area (Å²) in [5, 5.41) is 42.1. The Kier molecular flexibility index (Phi) is 12.9. The summed E-state index contributed by atoms with van der Waals surface area (Å²) < 4.78 is 11.3. The Hall–Kier alpha value is -6.21. The Bertz CT molecular complexity index is 2490. The molecule has 68 heavy (non-hydrogen) atoms. The van der Waals surface area contributed by atoms with Crippen molar-refractivity contribution in [1.82, 2.24) is 56.4 Å². The molecule has 6 aliphatic rings. The molecule has 0 aliphatic heterocycles. The van der Waals surface area contributed by atoms with Crippen molar-refractivity contribution in [1.29, 1.82) is 5.26 Å². The van der Waals surface area contributed by atoms with E-state index in [4.69, 9.17) is 9.47 Å². The van der Waals surface area contributed by atoms with Gasteiger partial charge < -0.3 is 24.6 Å². The topological polar surface area (TPSA) is 204 Å². The summed E-state index contributed by atoms with van der Waals surface area (Å²) in [5.74, 6) is 2.98. The van der Waals surface area contributed by atoms with Crippen LogP contribution in [-0.2, 0) is 20.3 Å². The van der Waals surface area contributed by atoms with E-state index in [-0.39, 0.29) is 40.5 Å². The molecule has 16 heteroatoms. The molecule has 3 N–H and O–H groups in total. The molecule has 6 atom stereocenters. The molecule has 5 aromatic rings. The second-order valence-corrected chi connectivity index (χ2v) is 22.0. The van der Waals surface area contributed by atoms with Crippen LogP contribution < -0.4 is 5.32 Å². The molecule has 11 rings (SSSR count). The van der Waals surface area contributed by atoms with Gasteiger partial charge in [-0.1, -0.05) is 101 Å². The van der Waals surface area contributed by atoms with Gasteiger partial charge in [-0.2, -0.15) is 15.7 Å². The van der Waals surface area contributed by atoms with Crippen molar-refractivity contribution in [2.45, 2.75) is 157 Å². The number of carbonyl (C=O) groups is 2. The quantitative estimate of drug-likeness (QED) is 0.0960. The lowest BCUT2D eigenvalue weighted by atomic mass is 10.1. The Labute approximate surface area is 399 Å². The average Bonchev–Trinajstić information content (AvgIpc) is 4.06. The number of carbonyl (C=O) groups excluding carboxylic acids is 2. The van der Waals surface area contributed by atoms with E-state index in [9.17, 15) is 14.9 Å². The van der Waals surface area contributed by atoms with Crippen LogP contribution in [0.3, 0.4) is 0 Å². The van der Waals surface area contributed by atoms with E-state index in [1.54, 1.807) is 4.90 Å². The average molecular weight is 923 g/mol. The number of H-pyrrole nitrogens is 2. The second-order valence-electron chi connectivity index (χ2n) is 22.0. The number of aromatic amines is 2. The van der Waals surface area contributed by atoms with E-state index in [0.29, 0.717) is 42.7 Å². The lowest BCUT2D eigenvalue weighted by Gasteiger charge is -2.30. The predicted octanol–water partition coefficient (Wildman–Crippen LogP) is 8.48. The normalized spacial score (nSPS) is 24.8.